The molecule has 1 fully saturated rings. The van der Waals surface area contributed by atoms with Crippen molar-refractivity contribution in [2.75, 3.05) is 26.4 Å². The van der Waals surface area contributed by atoms with Gasteiger partial charge in [0.15, 0.2) is 6.17 Å². The second-order valence-electron chi connectivity index (χ2n) is 7.41. The molecule has 3 rings (SSSR count). The molecule has 1 saturated heterocycles. The van der Waals surface area contributed by atoms with Crippen LogP contribution in [0.4, 0.5) is 10.3 Å². The summed E-state index contributed by atoms with van der Waals surface area (Å²) >= 11 is 0. The lowest BCUT2D eigenvalue weighted by molar-refractivity contribution is -0.0673. The Hall–Kier alpha value is -2.53. The predicted octanol–water partition coefficient (Wildman–Crippen LogP) is 4.24. The predicted molar refractivity (Wildman–Crippen MR) is 114 cm³/mol. The summed E-state index contributed by atoms with van der Waals surface area (Å²) in [6, 6.07) is 0. The number of imidazole rings is 1. The van der Waals surface area contributed by atoms with Crippen LogP contribution in [-0.2, 0) is 14.2 Å². The highest BCUT2D eigenvalue weighted by atomic mass is 19.1. The van der Waals surface area contributed by atoms with Gasteiger partial charge in [-0.3, -0.25) is 0 Å². The van der Waals surface area contributed by atoms with Crippen molar-refractivity contribution in [2.24, 2.45) is 5.11 Å². The topological polar surface area (TPSA) is 129 Å². The average molecular weight is 452 g/mol. The fraction of sp³-hybridized carbons (Fsp3) is 0.750. The molecule has 1 unspecified atom stereocenters. The highest BCUT2D eigenvalue weighted by Crippen LogP contribution is 2.38. The van der Waals surface area contributed by atoms with E-state index in [4.69, 9.17) is 24.5 Å². The average Bonchev–Trinajstić information content (AvgIpc) is 3.33. The van der Waals surface area contributed by atoms with Crippen LogP contribution >= 0.6 is 0 Å². The minimum Gasteiger partial charge on any atom is -0.475 e. The number of fused-ring (bicyclic) bond motifs is 1. The summed E-state index contributed by atoms with van der Waals surface area (Å²) in [4.78, 5) is 11.1. The van der Waals surface area contributed by atoms with E-state index in [1.54, 1.807) is 6.92 Å². The number of nitrogens with zero attached hydrogens (tertiary/aromatic N) is 7. The summed E-state index contributed by atoms with van der Waals surface area (Å²) in [6.45, 7) is 7.48. The molecule has 0 bridgehead atoms. The van der Waals surface area contributed by atoms with E-state index in [1.807, 2.05) is 6.92 Å². The number of rotatable bonds is 13. The molecule has 4 atom stereocenters. The molecule has 0 amide bonds. The van der Waals surface area contributed by atoms with Gasteiger partial charge in [0.1, 0.15) is 18.3 Å². The van der Waals surface area contributed by atoms with E-state index >= 15 is 4.39 Å². The van der Waals surface area contributed by atoms with Gasteiger partial charge in [0.25, 0.3) is 5.88 Å². The zero-order chi connectivity index (χ0) is 22.9. The van der Waals surface area contributed by atoms with Crippen LogP contribution in [0.25, 0.3) is 16.1 Å². The van der Waals surface area contributed by atoms with Crippen LogP contribution in [0.3, 0.4) is 0 Å². The van der Waals surface area contributed by atoms with Gasteiger partial charge in [-0.1, -0.05) is 26.7 Å². The molecule has 32 heavy (non-hydrogen) atoms. The van der Waals surface area contributed by atoms with Gasteiger partial charge in [-0.2, -0.15) is 4.98 Å². The molecule has 3 heterocycles. The fourth-order valence-corrected chi connectivity index (χ4v) is 3.47. The van der Waals surface area contributed by atoms with E-state index in [1.165, 1.54) is 10.7 Å². The third-order valence-corrected chi connectivity index (χ3v) is 5.08. The smallest absolute Gasteiger partial charge is 0.261 e. The van der Waals surface area contributed by atoms with Crippen molar-refractivity contribution in [3.63, 3.8) is 0 Å². The maximum atomic E-state index is 15.6. The number of hydrogen-bond donors (Lipinski definition) is 0. The Morgan fingerprint density at radius 3 is 2.75 bits per heavy atom. The molecule has 2 aromatic rings. The number of alkyl halides is 1. The molecular formula is C20H30FN7O4. The van der Waals surface area contributed by atoms with Gasteiger partial charge in [0.2, 0.25) is 11.6 Å². The monoisotopic (exact) mass is 451 g/mol. The number of hydrogen-bond acceptors (Lipinski definition) is 8. The van der Waals surface area contributed by atoms with Gasteiger partial charge in [-0.15, -0.1) is 5.10 Å². The van der Waals surface area contributed by atoms with Crippen molar-refractivity contribution in [3.8, 4) is 5.88 Å². The molecule has 11 nitrogen and oxygen atoms in total. The van der Waals surface area contributed by atoms with E-state index in [0.29, 0.717) is 25.5 Å². The van der Waals surface area contributed by atoms with E-state index in [-0.39, 0.29) is 24.1 Å². The van der Waals surface area contributed by atoms with Crippen LogP contribution in [0.5, 0.6) is 5.88 Å². The molecule has 0 radical (unpaired) electrons. The maximum Gasteiger partial charge on any atom is 0.261 e. The quantitative estimate of drug-likeness (QED) is 0.193. The van der Waals surface area contributed by atoms with Crippen LogP contribution in [-0.4, -0.2) is 64.4 Å². The van der Waals surface area contributed by atoms with Crippen molar-refractivity contribution in [3.05, 3.63) is 22.3 Å². The van der Waals surface area contributed by atoms with Crippen molar-refractivity contribution in [1.29, 1.82) is 0 Å². The zero-order valence-corrected chi connectivity index (χ0v) is 18.7. The molecule has 0 aliphatic carbocycles. The largest absolute Gasteiger partial charge is 0.475 e. The Kier molecular flexibility index (Phi) is 8.98. The van der Waals surface area contributed by atoms with Crippen molar-refractivity contribution in [2.45, 2.75) is 70.9 Å². The minimum atomic E-state index is -1.46. The van der Waals surface area contributed by atoms with Crippen LogP contribution in [0.15, 0.2) is 11.3 Å². The lowest BCUT2D eigenvalue weighted by Gasteiger charge is -2.20. The molecule has 12 heteroatoms. The fourth-order valence-electron chi connectivity index (χ4n) is 3.47. The van der Waals surface area contributed by atoms with Gasteiger partial charge in [-0.25, -0.2) is 13.9 Å². The van der Waals surface area contributed by atoms with Crippen molar-refractivity contribution >= 4 is 11.6 Å². The van der Waals surface area contributed by atoms with Crippen molar-refractivity contribution in [1.82, 2.24) is 19.6 Å². The Morgan fingerprint density at radius 2 is 2.03 bits per heavy atom. The van der Waals surface area contributed by atoms with E-state index < -0.39 is 24.5 Å². The molecule has 1 aliphatic heterocycles. The van der Waals surface area contributed by atoms with E-state index in [2.05, 4.69) is 32.0 Å². The molecule has 0 saturated carbocycles. The first-order valence-corrected chi connectivity index (χ1v) is 11.1. The van der Waals surface area contributed by atoms with Crippen molar-refractivity contribution < 1.29 is 23.3 Å². The first-order valence-electron chi connectivity index (χ1n) is 11.1. The lowest BCUT2D eigenvalue weighted by atomic mass is 10.1. The Balaban J connectivity index is 1.90. The highest BCUT2D eigenvalue weighted by molar-refractivity contribution is 5.51. The number of aromatic nitrogens is 4. The molecule has 176 valence electrons. The van der Waals surface area contributed by atoms with Crippen LogP contribution in [0.2, 0.25) is 0 Å². The first-order chi connectivity index (χ1) is 15.6. The van der Waals surface area contributed by atoms with Gasteiger partial charge < -0.3 is 18.9 Å². The standard InChI is InChI=1S/C20H30FN7O4/c1-4-7-9-29-12-14-17(31-10-8-5-2)15(21)16(32-14)13-11-23-18-19(30-6-3)24-20(25-27-22)26-28(13)18/h11,14-17H,4-10,12H2,1-3H3/t14-,15+,16?,17-/m1/s1. The number of unbranched alkanes of at least 4 members (excludes halogenated alkanes) is 2. The molecule has 2 aromatic heterocycles. The molecule has 0 spiro atoms. The summed E-state index contributed by atoms with van der Waals surface area (Å²) in [5.74, 6) is -0.0222. The Morgan fingerprint density at radius 1 is 1.25 bits per heavy atom. The van der Waals surface area contributed by atoms with Gasteiger partial charge in [-0.05, 0) is 30.4 Å². The molecule has 1 aliphatic rings. The minimum absolute atomic E-state index is 0.139. The molecule has 0 N–H and O–H groups in total. The third kappa shape index (κ3) is 5.44. The Bertz CT molecular complexity index is 921. The summed E-state index contributed by atoms with van der Waals surface area (Å²) < 4.78 is 40.1. The summed E-state index contributed by atoms with van der Waals surface area (Å²) in [5.41, 5.74) is 9.41. The van der Waals surface area contributed by atoms with Crippen LogP contribution in [0, 0.1) is 0 Å². The normalized spacial score (nSPS) is 22.9. The zero-order valence-electron chi connectivity index (χ0n) is 18.7. The number of ether oxygens (including phenoxy) is 4. The summed E-state index contributed by atoms with van der Waals surface area (Å²) in [7, 11) is 0. The molecular weight excluding hydrogens is 421 g/mol. The van der Waals surface area contributed by atoms with Gasteiger partial charge in [0.05, 0.1) is 25.1 Å². The lowest BCUT2D eigenvalue weighted by Crippen LogP contribution is -2.34. The second-order valence-corrected chi connectivity index (χ2v) is 7.41. The van der Waals surface area contributed by atoms with Gasteiger partial charge >= 0.3 is 0 Å². The summed E-state index contributed by atoms with van der Waals surface area (Å²) in [6.07, 6.45) is 1.37. The molecule has 0 aromatic carbocycles. The maximum absolute atomic E-state index is 15.6. The van der Waals surface area contributed by atoms with Gasteiger partial charge in [0, 0.05) is 18.1 Å². The second kappa shape index (κ2) is 11.9. The Labute approximate surface area is 185 Å². The van der Waals surface area contributed by atoms with Crippen LogP contribution in [0.1, 0.15) is 58.3 Å². The summed E-state index contributed by atoms with van der Waals surface area (Å²) in [5, 5.41) is 7.64. The van der Waals surface area contributed by atoms with E-state index in [0.717, 1.165) is 25.7 Å². The highest BCUT2D eigenvalue weighted by Gasteiger charge is 2.48. The number of azide groups is 1. The first kappa shape index (κ1) is 24.1. The number of halogens is 1. The SMILES string of the molecule is CCCCOC[C@H]1OC(c2cnc3c(OCC)nc(N=[N+]=[N-])nn23)[C@H](F)[C@@H]1OCCCC. The third-order valence-electron chi connectivity index (χ3n) is 5.08. The van der Waals surface area contributed by atoms with Crippen LogP contribution < -0.4 is 4.74 Å². The van der Waals surface area contributed by atoms with E-state index in [9.17, 15) is 0 Å².